The molecule has 6 nitrogen and oxygen atoms in total. The molecule has 0 amide bonds. The van der Waals surface area contributed by atoms with E-state index >= 15 is 0 Å². The van der Waals surface area contributed by atoms with Gasteiger partial charge in [-0.2, -0.15) is 0 Å². The van der Waals surface area contributed by atoms with Gasteiger partial charge in [-0.3, -0.25) is 5.32 Å². The lowest BCUT2D eigenvalue weighted by atomic mass is 10.2. The molecule has 1 aromatic rings. The van der Waals surface area contributed by atoms with Crippen LogP contribution in [0, 0.1) is 6.92 Å². The zero-order valence-electron chi connectivity index (χ0n) is 11.3. The zero-order chi connectivity index (χ0) is 13.1. The van der Waals surface area contributed by atoms with Crippen molar-refractivity contribution in [3.63, 3.8) is 0 Å². The van der Waals surface area contributed by atoms with Crippen molar-refractivity contribution in [1.29, 1.82) is 0 Å². The summed E-state index contributed by atoms with van der Waals surface area (Å²) in [7, 11) is 3.91. The lowest BCUT2D eigenvalue weighted by Gasteiger charge is -2.26. The monoisotopic (exact) mass is 248 g/mol. The third-order valence-corrected chi connectivity index (χ3v) is 2.79. The molecule has 1 aliphatic heterocycles. The van der Waals surface area contributed by atoms with Crippen molar-refractivity contribution in [2.24, 2.45) is 9.98 Å². The molecule has 2 rings (SSSR count). The molecule has 0 aliphatic carbocycles. The fourth-order valence-electron chi connectivity index (χ4n) is 1.72. The van der Waals surface area contributed by atoms with Crippen molar-refractivity contribution in [2.75, 3.05) is 14.1 Å². The van der Waals surface area contributed by atoms with E-state index in [-0.39, 0.29) is 6.17 Å². The number of hydrogen-bond donors (Lipinski definition) is 3. The Bertz CT molecular complexity index is 471. The van der Waals surface area contributed by atoms with Gasteiger partial charge in [-0.05, 0) is 25.5 Å². The Labute approximate surface area is 107 Å². The van der Waals surface area contributed by atoms with Crippen LogP contribution in [0.2, 0.25) is 0 Å². The van der Waals surface area contributed by atoms with E-state index in [9.17, 15) is 0 Å². The summed E-state index contributed by atoms with van der Waals surface area (Å²) in [5, 5.41) is 6.37. The predicted octanol–water partition coefficient (Wildman–Crippen LogP) is 0.636. The van der Waals surface area contributed by atoms with Crippen molar-refractivity contribution in [1.82, 2.24) is 20.5 Å². The predicted molar refractivity (Wildman–Crippen MR) is 73.5 cm³/mol. The molecule has 3 N–H and O–H groups in total. The number of aryl methyl sites for hydroxylation is 1. The van der Waals surface area contributed by atoms with E-state index in [1.54, 1.807) is 0 Å². The number of guanidine groups is 2. The summed E-state index contributed by atoms with van der Waals surface area (Å²) in [6.07, 6.45) is 1.97. The van der Waals surface area contributed by atoms with Gasteiger partial charge in [0, 0.05) is 26.0 Å². The normalized spacial score (nSPS) is 21.2. The van der Waals surface area contributed by atoms with Gasteiger partial charge < -0.3 is 15.2 Å². The highest BCUT2D eigenvalue weighted by atomic mass is 15.4. The summed E-state index contributed by atoms with van der Waals surface area (Å²) in [5.74, 6) is 1.59. The van der Waals surface area contributed by atoms with Crippen LogP contribution in [0.5, 0.6) is 0 Å². The molecular formula is C12H20N6. The van der Waals surface area contributed by atoms with Crippen LogP contribution in [0.3, 0.4) is 0 Å². The smallest absolute Gasteiger partial charge is 0.202 e. The lowest BCUT2D eigenvalue weighted by Crippen LogP contribution is -2.53. The van der Waals surface area contributed by atoms with Gasteiger partial charge in [0.15, 0.2) is 5.96 Å². The van der Waals surface area contributed by atoms with E-state index in [0.717, 1.165) is 17.6 Å². The van der Waals surface area contributed by atoms with Crippen molar-refractivity contribution in [3.8, 4) is 0 Å². The first-order valence-electron chi connectivity index (χ1n) is 6.02. The minimum Gasteiger partial charge on any atom is -0.365 e. The summed E-state index contributed by atoms with van der Waals surface area (Å²) in [6, 6.07) is 2.05. The Morgan fingerprint density at radius 1 is 1.44 bits per heavy atom. The van der Waals surface area contributed by atoms with Gasteiger partial charge in [-0.25, -0.2) is 9.98 Å². The van der Waals surface area contributed by atoms with E-state index in [1.807, 2.05) is 45.1 Å². The van der Waals surface area contributed by atoms with E-state index < -0.39 is 0 Å². The van der Waals surface area contributed by atoms with Gasteiger partial charge in [0.1, 0.15) is 6.17 Å². The Hall–Kier alpha value is -1.98. The third kappa shape index (κ3) is 2.82. The van der Waals surface area contributed by atoms with Gasteiger partial charge in [0.25, 0.3) is 0 Å². The number of hydrogen-bond acceptors (Lipinski definition) is 3. The second-order valence-corrected chi connectivity index (χ2v) is 4.59. The molecule has 0 aromatic carbocycles. The fourth-order valence-corrected chi connectivity index (χ4v) is 1.72. The van der Waals surface area contributed by atoms with E-state index in [1.165, 1.54) is 5.56 Å². The van der Waals surface area contributed by atoms with Crippen LogP contribution in [0.25, 0.3) is 0 Å². The molecule has 0 saturated carbocycles. The van der Waals surface area contributed by atoms with Crippen LogP contribution < -0.4 is 10.6 Å². The number of nitrogens with zero attached hydrogens (tertiary/aromatic N) is 3. The van der Waals surface area contributed by atoms with Crippen LogP contribution in [-0.2, 0) is 6.54 Å². The SMILES string of the molecule is Cc1[nH]ccc1CN=C1NC(N(C)C)=NC(C)N1. The first-order valence-corrected chi connectivity index (χ1v) is 6.02. The number of H-pyrrole nitrogens is 1. The number of aromatic nitrogens is 1. The van der Waals surface area contributed by atoms with Crippen molar-refractivity contribution < 1.29 is 0 Å². The highest BCUT2D eigenvalue weighted by Gasteiger charge is 2.15. The topological polar surface area (TPSA) is 67.8 Å². The molecule has 98 valence electrons. The van der Waals surface area contributed by atoms with E-state index in [0.29, 0.717) is 6.54 Å². The molecule has 18 heavy (non-hydrogen) atoms. The third-order valence-electron chi connectivity index (χ3n) is 2.79. The summed E-state index contributed by atoms with van der Waals surface area (Å²) in [4.78, 5) is 14.1. The number of rotatable bonds is 2. The highest BCUT2D eigenvalue weighted by Crippen LogP contribution is 2.06. The van der Waals surface area contributed by atoms with Gasteiger partial charge in [-0.1, -0.05) is 0 Å². The van der Waals surface area contributed by atoms with Crippen LogP contribution in [-0.4, -0.2) is 42.1 Å². The minimum atomic E-state index is 0.0368. The maximum absolute atomic E-state index is 4.54. The van der Waals surface area contributed by atoms with Gasteiger partial charge >= 0.3 is 0 Å². The molecule has 1 unspecified atom stereocenters. The second-order valence-electron chi connectivity index (χ2n) is 4.59. The maximum Gasteiger partial charge on any atom is 0.202 e. The molecule has 0 radical (unpaired) electrons. The summed E-state index contributed by atoms with van der Waals surface area (Å²) in [6.45, 7) is 4.70. The fraction of sp³-hybridized carbons (Fsp3) is 0.500. The van der Waals surface area contributed by atoms with E-state index in [2.05, 4.69) is 25.6 Å². The molecule has 0 fully saturated rings. The van der Waals surface area contributed by atoms with Crippen LogP contribution >= 0.6 is 0 Å². The first-order chi connectivity index (χ1) is 8.56. The Kier molecular flexibility index (Phi) is 3.55. The molecule has 1 atom stereocenters. The molecule has 1 aliphatic rings. The van der Waals surface area contributed by atoms with Crippen molar-refractivity contribution in [2.45, 2.75) is 26.6 Å². The van der Waals surface area contributed by atoms with Gasteiger partial charge in [-0.15, -0.1) is 0 Å². The second kappa shape index (κ2) is 5.12. The maximum atomic E-state index is 4.54. The molecule has 6 heteroatoms. The van der Waals surface area contributed by atoms with Crippen molar-refractivity contribution >= 4 is 11.9 Å². The van der Waals surface area contributed by atoms with Crippen LogP contribution in [0.15, 0.2) is 22.2 Å². The van der Waals surface area contributed by atoms with Gasteiger partial charge in [0.2, 0.25) is 5.96 Å². The lowest BCUT2D eigenvalue weighted by molar-refractivity contribution is 0.559. The quantitative estimate of drug-likeness (QED) is 0.719. The highest BCUT2D eigenvalue weighted by molar-refractivity contribution is 6.00. The van der Waals surface area contributed by atoms with Crippen molar-refractivity contribution in [3.05, 3.63) is 23.5 Å². The first kappa shape index (κ1) is 12.5. The molecule has 1 aromatic heterocycles. The number of aromatic amines is 1. The Morgan fingerprint density at radius 3 is 2.83 bits per heavy atom. The molecule has 2 heterocycles. The Balaban J connectivity index is 2.06. The minimum absolute atomic E-state index is 0.0368. The molecule has 0 saturated heterocycles. The van der Waals surface area contributed by atoms with Crippen LogP contribution in [0.1, 0.15) is 18.2 Å². The zero-order valence-corrected chi connectivity index (χ0v) is 11.3. The standard InChI is InChI=1S/C12H20N6/c1-8-10(5-6-13-8)7-14-11-15-9(2)16-12(17-11)18(3)4/h5-6,9,13H,7H2,1-4H3,(H2,14,15,16,17). The number of aliphatic imine (C=N–C) groups is 2. The molecule has 0 spiro atoms. The van der Waals surface area contributed by atoms with Gasteiger partial charge in [0.05, 0.1) is 6.54 Å². The number of nitrogens with one attached hydrogen (secondary N) is 3. The average molecular weight is 248 g/mol. The Morgan fingerprint density at radius 2 is 2.22 bits per heavy atom. The summed E-state index contributed by atoms with van der Waals surface area (Å²) >= 11 is 0. The average Bonchev–Trinajstić information content (AvgIpc) is 2.71. The molecule has 0 bridgehead atoms. The molecular weight excluding hydrogens is 228 g/mol. The van der Waals surface area contributed by atoms with Crippen LogP contribution in [0.4, 0.5) is 0 Å². The summed E-state index contributed by atoms with van der Waals surface area (Å²) in [5.41, 5.74) is 2.36. The summed E-state index contributed by atoms with van der Waals surface area (Å²) < 4.78 is 0. The largest absolute Gasteiger partial charge is 0.365 e. The van der Waals surface area contributed by atoms with E-state index in [4.69, 9.17) is 0 Å².